The first kappa shape index (κ1) is 16.9. The van der Waals surface area contributed by atoms with Crippen molar-refractivity contribution < 1.29 is 4.79 Å². The second-order valence-electron chi connectivity index (χ2n) is 7.76. The van der Waals surface area contributed by atoms with E-state index < -0.39 is 0 Å². The van der Waals surface area contributed by atoms with Crippen molar-refractivity contribution in [2.24, 2.45) is 5.92 Å². The Morgan fingerprint density at radius 2 is 1.72 bits per heavy atom. The first-order valence-corrected chi connectivity index (χ1v) is 9.82. The van der Waals surface area contributed by atoms with Gasteiger partial charge in [-0.25, -0.2) is 4.79 Å². The molecule has 0 unspecified atom stereocenters. The van der Waals surface area contributed by atoms with E-state index in [4.69, 9.17) is 0 Å². The number of benzene rings is 1. The number of rotatable bonds is 4. The van der Waals surface area contributed by atoms with Crippen molar-refractivity contribution in [3.05, 3.63) is 35.9 Å². The minimum atomic E-state index is 0.154. The molecule has 1 N–H and O–H groups in total. The molecular formula is C20H30N4O. The van der Waals surface area contributed by atoms with Crippen LogP contribution in [-0.4, -0.2) is 79.1 Å². The van der Waals surface area contributed by atoms with E-state index in [1.165, 1.54) is 31.5 Å². The van der Waals surface area contributed by atoms with Crippen molar-refractivity contribution in [3.8, 4) is 0 Å². The van der Waals surface area contributed by atoms with Crippen LogP contribution in [0, 0.1) is 5.92 Å². The van der Waals surface area contributed by atoms with Gasteiger partial charge in [0.1, 0.15) is 0 Å². The highest BCUT2D eigenvalue weighted by atomic mass is 16.2. The Balaban J connectivity index is 1.20. The van der Waals surface area contributed by atoms with Crippen LogP contribution in [0.5, 0.6) is 0 Å². The molecule has 4 heterocycles. The number of piperidine rings is 3. The lowest BCUT2D eigenvalue weighted by molar-refractivity contribution is 0.0698. The molecule has 136 valence electrons. The lowest BCUT2D eigenvalue weighted by atomic mass is 9.84. The summed E-state index contributed by atoms with van der Waals surface area (Å²) in [4.78, 5) is 19.6. The molecule has 0 radical (unpaired) electrons. The third kappa shape index (κ3) is 4.15. The number of hydrogen-bond donors (Lipinski definition) is 1. The van der Waals surface area contributed by atoms with E-state index in [1.54, 1.807) is 0 Å². The van der Waals surface area contributed by atoms with Crippen LogP contribution in [0.2, 0.25) is 0 Å². The van der Waals surface area contributed by atoms with E-state index in [2.05, 4.69) is 45.4 Å². The molecule has 5 rings (SSSR count). The monoisotopic (exact) mass is 342 g/mol. The number of urea groups is 1. The summed E-state index contributed by atoms with van der Waals surface area (Å²) in [6.45, 7) is 8.24. The van der Waals surface area contributed by atoms with Gasteiger partial charge in [-0.1, -0.05) is 30.3 Å². The molecule has 0 spiro atoms. The molecule has 25 heavy (non-hydrogen) atoms. The summed E-state index contributed by atoms with van der Waals surface area (Å²) >= 11 is 0. The normalized spacial score (nSPS) is 29.6. The summed E-state index contributed by atoms with van der Waals surface area (Å²) in [7, 11) is 0. The smallest absolute Gasteiger partial charge is 0.317 e. The fourth-order valence-electron chi connectivity index (χ4n) is 4.48. The first-order chi connectivity index (χ1) is 12.3. The van der Waals surface area contributed by atoms with E-state index in [0.717, 1.165) is 45.7 Å². The maximum Gasteiger partial charge on any atom is 0.317 e. The molecule has 0 saturated carbocycles. The van der Waals surface area contributed by atoms with Crippen molar-refractivity contribution in [2.75, 3.05) is 52.4 Å². The van der Waals surface area contributed by atoms with Gasteiger partial charge in [-0.15, -0.1) is 0 Å². The Kier molecular flexibility index (Phi) is 5.22. The lowest BCUT2D eigenvalue weighted by Crippen LogP contribution is -2.60. The van der Waals surface area contributed by atoms with Crippen LogP contribution < -0.4 is 5.32 Å². The van der Waals surface area contributed by atoms with Gasteiger partial charge in [0.2, 0.25) is 0 Å². The van der Waals surface area contributed by atoms with Gasteiger partial charge in [-0.3, -0.25) is 4.90 Å². The van der Waals surface area contributed by atoms with Gasteiger partial charge in [0.05, 0.1) is 0 Å². The Labute approximate surface area is 151 Å². The summed E-state index contributed by atoms with van der Waals surface area (Å²) in [5, 5.41) is 3.32. The third-order valence-electron chi connectivity index (χ3n) is 6.18. The topological polar surface area (TPSA) is 38.8 Å². The van der Waals surface area contributed by atoms with Crippen LogP contribution in [-0.2, 0) is 6.42 Å². The predicted molar refractivity (Wildman–Crippen MR) is 99.6 cm³/mol. The Morgan fingerprint density at radius 3 is 2.36 bits per heavy atom. The van der Waals surface area contributed by atoms with E-state index in [-0.39, 0.29) is 6.03 Å². The molecule has 2 amide bonds. The van der Waals surface area contributed by atoms with Crippen LogP contribution in [0.3, 0.4) is 0 Å². The average Bonchev–Trinajstić information content (AvgIpc) is 2.68. The van der Waals surface area contributed by atoms with Crippen molar-refractivity contribution in [1.29, 1.82) is 0 Å². The molecule has 1 aromatic rings. The highest BCUT2D eigenvalue weighted by Crippen LogP contribution is 2.27. The zero-order valence-corrected chi connectivity index (χ0v) is 15.1. The van der Waals surface area contributed by atoms with Gasteiger partial charge in [0, 0.05) is 45.3 Å². The number of fused-ring (bicyclic) bond motifs is 3. The van der Waals surface area contributed by atoms with E-state index in [9.17, 15) is 4.79 Å². The number of amides is 2. The minimum Gasteiger partial charge on any atom is -0.334 e. The highest BCUT2D eigenvalue weighted by Gasteiger charge is 2.35. The van der Waals surface area contributed by atoms with Gasteiger partial charge >= 0.3 is 6.03 Å². The number of piperazine rings is 1. The fraction of sp³-hybridized carbons (Fsp3) is 0.650. The molecule has 4 fully saturated rings. The number of hydrogen-bond acceptors (Lipinski definition) is 3. The van der Waals surface area contributed by atoms with E-state index in [0.29, 0.717) is 12.0 Å². The SMILES string of the molecule is O=C(N[C@H]1CN2CCC1CC2)N1CCN(CCc2ccccc2)CC1. The van der Waals surface area contributed by atoms with Crippen LogP contribution in [0.15, 0.2) is 30.3 Å². The Bertz CT molecular complexity index is 562. The van der Waals surface area contributed by atoms with Gasteiger partial charge in [-0.2, -0.15) is 0 Å². The zero-order chi connectivity index (χ0) is 17.1. The summed E-state index contributed by atoms with van der Waals surface area (Å²) in [6.07, 6.45) is 3.59. The molecule has 4 aliphatic rings. The van der Waals surface area contributed by atoms with Crippen molar-refractivity contribution in [2.45, 2.75) is 25.3 Å². The highest BCUT2D eigenvalue weighted by molar-refractivity contribution is 5.74. The summed E-state index contributed by atoms with van der Waals surface area (Å²) in [6, 6.07) is 11.2. The van der Waals surface area contributed by atoms with Crippen LogP contribution in [0.1, 0.15) is 18.4 Å². The maximum absolute atomic E-state index is 12.6. The lowest BCUT2D eigenvalue weighted by Gasteiger charge is -2.45. The van der Waals surface area contributed by atoms with Crippen LogP contribution in [0.25, 0.3) is 0 Å². The van der Waals surface area contributed by atoms with Gasteiger partial charge in [0.15, 0.2) is 0 Å². The predicted octanol–water partition coefficient (Wildman–Crippen LogP) is 1.65. The summed E-state index contributed by atoms with van der Waals surface area (Å²) in [5.74, 6) is 0.695. The molecule has 0 aromatic heterocycles. The van der Waals surface area contributed by atoms with Gasteiger partial charge in [-0.05, 0) is 43.8 Å². The molecule has 1 atom stereocenters. The molecular weight excluding hydrogens is 312 g/mol. The third-order valence-corrected chi connectivity index (χ3v) is 6.18. The first-order valence-electron chi connectivity index (χ1n) is 9.82. The Morgan fingerprint density at radius 1 is 1.00 bits per heavy atom. The number of nitrogens with one attached hydrogen (secondary N) is 1. The number of carbonyl (C=O) groups is 1. The molecule has 5 nitrogen and oxygen atoms in total. The zero-order valence-electron chi connectivity index (χ0n) is 15.1. The van der Waals surface area contributed by atoms with Crippen molar-refractivity contribution >= 4 is 6.03 Å². The second-order valence-corrected chi connectivity index (χ2v) is 7.76. The molecule has 4 saturated heterocycles. The molecule has 1 aromatic carbocycles. The fourth-order valence-corrected chi connectivity index (χ4v) is 4.48. The van der Waals surface area contributed by atoms with Gasteiger partial charge in [0.25, 0.3) is 0 Å². The van der Waals surface area contributed by atoms with E-state index in [1.807, 2.05) is 4.90 Å². The van der Waals surface area contributed by atoms with Gasteiger partial charge < -0.3 is 15.1 Å². The number of carbonyl (C=O) groups excluding carboxylic acids is 1. The molecule has 5 heteroatoms. The maximum atomic E-state index is 12.6. The van der Waals surface area contributed by atoms with Crippen LogP contribution >= 0.6 is 0 Å². The summed E-state index contributed by atoms with van der Waals surface area (Å²) in [5.41, 5.74) is 1.39. The molecule has 0 aliphatic carbocycles. The number of nitrogens with zero attached hydrogens (tertiary/aromatic N) is 3. The largest absolute Gasteiger partial charge is 0.334 e. The summed E-state index contributed by atoms with van der Waals surface area (Å²) < 4.78 is 0. The van der Waals surface area contributed by atoms with Crippen molar-refractivity contribution in [1.82, 2.24) is 20.0 Å². The minimum absolute atomic E-state index is 0.154. The van der Waals surface area contributed by atoms with Crippen molar-refractivity contribution in [3.63, 3.8) is 0 Å². The second kappa shape index (κ2) is 7.75. The Hall–Kier alpha value is -1.59. The standard InChI is InChI=1S/C20H30N4O/c25-20(21-19-16-23-10-7-18(19)8-11-23)24-14-12-22(13-15-24)9-6-17-4-2-1-3-5-17/h1-5,18-19H,6-16H2,(H,21,25)/t19-/m0/s1. The molecule has 2 bridgehead atoms. The quantitative estimate of drug-likeness (QED) is 0.904. The molecule has 4 aliphatic heterocycles. The van der Waals surface area contributed by atoms with Crippen LogP contribution in [0.4, 0.5) is 4.79 Å². The van der Waals surface area contributed by atoms with E-state index >= 15 is 0 Å². The average molecular weight is 342 g/mol.